The zero-order chi connectivity index (χ0) is 20.4. The highest BCUT2D eigenvalue weighted by atomic mass is 16.5. The number of methoxy groups -OCH3 is 1. The monoisotopic (exact) mass is 393 g/mol. The van der Waals surface area contributed by atoms with E-state index in [9.17, 15) is 4.79 Å². The molecule has 0 spiro atoms. The molecule has 0 saturated heterocycles. The Labute approximate surface area is 173 Å². The van der Waals surface area contributed by atoms with Gasteiger partial charge in [0.2, 0.25) is 0 Å². The van der Waals surface area contributed by atoms with Crippen LogP contribution in [0.2, 0.25) is 0 Å². The highest BCUT2D eigenvalue weighted by molar-refractivity contribution is 6.35. The molecule has 0 fully saturated rings. The van der Waals surface area contributed by atoms with Crippen molar-refractivity contribution in [3.8, 4) is 5.75 Å². The second kappa shape index (κ2) is 8.46. The number of hydrogen-bond donors (Lipinski definition) is 2. The number of benzene rings is 1. The first kappa shape index (κ1) is 19.8. The number of H-pyrrole nitrogens is 1. The van der Waals surface area contributed by atoms with Crippen molar-refractivity contribution in [3.05, 3.63) is 46.3 Å². The van der Waals surface area contributed by atoms with Crippen LogP contribution in [-0.2, 0) is 24.1 Å². The van der Waals surface area contributed by atoms with E-state index in [2.05, 4.69) is 35.4 Å². The van der Waals surface area contributed by atoms with Crippen LogP contribution >= 0.6 is 0 Å². The van der Waals surface area contributed by atoms with E-state index < -0.39 is 0 Å². The summed E-state index contributed by atoms with van der Waals surface area (Å²) in [5.74, 6) is 0.719. The number of ether oxygens (including phenoxy) is 1. The Balaban J connectivity index is 1.74. The summed E-state index contributed by atoms with van der Waals surface area (Å²) in [4.78, 5) is 18.6. The molecule has 2 N–H and O–H groups in total. The van der Waals surface area contributed by atoms with Gasteiger partial charge in [-0.15, -0.1) is 0 Å². The molecule has 0 saturated carbocycles. The first-order chi connectivity index (χ1) is 14.1. The summed E-state index contributed by atoms with van der Waals surface area (Å²) in [6.45, 7) is 1.07. The molecule has 1 amide bonds. The van der Waals surface area contributed by atoms with E-state index in [0.717, 1.165) is 54.9 Å². The van der Waals surface area contributed by atoms with E-state index in [4.69, 9.17) is 4.74 Å². The van der Waals surface area contributed by atoms with Crippen LogP contribution in [0.1, 0.15) is 53.8 Å². The van der Waals surface area contributed by atoms with E-state index in [1.807, 2.05) is 18.2 Å². The van der Waals surface area contributed by atoms with E-state index in [1.54, 1.807) is 7.11 Å². The van der Waals surface area contributed by atoms with Gasteiger partial charge >= 0.3 is 0 Å². The number of hydrogen-bond acceptors (Lipinski definition) is 3. The van der Waals surface area contributed by atoms with Crippen molar-refractivity contribution in [1.29, 1.82) is 0 Å². The minimum Gasteiger partial charge on any atom is -0.497 e. The number of carbonyl (C=O) groups excluding carboxylic acids is 1. The van der Waals surface area contributed by atoms with E-state index >= 15 is 0 Å². The molecule has 0 radical (unpaired) electrons. The summed E-state index contributed by atoms with van der Waals surface area (Å²) >= 11 is 0. The Morgan fingerprint density at radius 1 is 1.17 bits per heavy atom. The molecular formula is C24H31N3O2. The molecular weight excluding hydrogens is 362 g/mol. The summed E-state index contributed by atoms with van der Waals surface area (Å²) < 4.78 is 5.37. The van der Waals surface area contributed by atoms with E-state index in [-0.39, 0.29) is 5.91 Å². The lowest BCUT2D eigenvalue weighted by molar-refractivity contribution is -0.110. The quantitative estimate of drug-likeness (QED) is 0.569. The number of amides is 1. The van der Waals surface area contributed by atoms with Crippen LogP contribution in [0.4, 0.5) is 5.69 Å². The fraction of sp³-hybridized carbons (Fsp3) is 0.458. The van der Waals surface area contributed by atoms with E-state index in [0.29, 0.717) is 5.57 Å². The number of anilines is 1. The molecule has 2 aliphatic rings. The number of carbonyl (C=O) groups is 1. The van der Waals surface area contributed by atoms with Gasteiger partial charge < -0.3 is 19.9 Å². The van der Waals surface area contributed by atoms with Crippen molar-refractivity contribution in [1.82, 2.24) is 9.88 Å². The molecule has 5 nitrogen and oxygen atoms in total. The topological polar surface area (TPSA) is 57.4 Å². The Kier molecular flexibility index (Phi) is 5.76. The zero-order valence-electron chi connectivity index (χ0n) is 17.7. The molecule has 2 heterocycles. The van der Waals surface area contributed by atoms with Gasteiger partial charge in [0, 0.05) is 22.6 Å². The SMILES string of the molecule is COc1ccc2c(c1)/C(=C/c1[nH]c3c(c1CCCN(C)C)CCCCC3)C(=O)N2. The Morgan fingerprint density at radius 2 is 2.00 bits per heavy atom. The maximum absolute atomic E-state index is 12.7. The van der Waals surface area contributed by atoms with Crippen LogP contribution in [0, 0.1) is 0 Å². The Morgan fingerprint density at radius 3 is 2.79 bits per heavy atom. The average Bonchev–Trinajstić information content (AvgIpc) is 3.07. The van der Waals surface area contributed by atoms with Crippen molar-refractivity contribution in [2.45, 2.75) is 44.9 Å². The van der Waals surface area contributed by atoms with Crippen LogP contribution in [0.15, 0.2) is 18.2 Å². The lowest BCUT2D eigenvalue weighted by Crippen LogP contribution is -2.13. The lowest BCUT2D eigenvalue weighted by Gasteiger charge is -2.11. The number of rotatable bonds is 6. The van der Waals surface area contributed by atoms with Crippen molar-refractivity contribution in [2.24, 2.45) is 0 Å². The fourth-order valence-corrected chi connectivity index (χ4v) is 4.52. The molecule has 1 aliphatic carbocycles. The van der Waals surface area contributed by atoms with Crippen LogP contribution in [0.3, 0.4) is 0 Å². The Hall–Kier alpha value is -2.53. The maximum atomic E-state index is 12.7. The van der Waals surface area contributed by atoms with Crippen LogP contribution in [-0.4, -0.2) is 43.5 Å². The standard InChI is InChI=1S/C24H31N3O2/c1-27(2)13-7-9-18-17-8-5-4-6-10-21(17)25-23(18)15-20-19-14-16(29-3)11-12-22(19)26-24(20)28/h11-12,14-15,25H,4-10,13H2,1-3H3,(H,26,28)/b20-15-. The van der Waals surface area contributed by atoms with Crippen LogP contribution in [0.5, 0.6) is 5.75 Å². The second-order valence-electron chi connectivity index (χ2n) is 8.37. The smallest absolute Gasteiger partial charge is 0.256 e. The summed E-state index contributed by atoms with van der Waals surface area (Å²) in [5, 5.41) is 2.98. The minimum absolute atomic E-state index is 0.0442. The van der Waals surface area contributed by atoms with Gasteiger partial charge in [-0.1, -0.05) is 6.42 Å². The summed E-state index contributed by atoms with van der Waals surface area (Å²) in [6, 6.07) is 5.74. The van der Waals surface area contributed by atoms with Crippen LogP contribution < -0.4 is 10.1 Å². The van der Waals surface area contributed by atoms with Crippen molar-refractivity contribution in [2.75, 3.05) is 33.1 Å². The van der Waals surface area contributed by atoms with Gasteiger partial charge in [-0.05, 0) is 94.6 Å². The number of nitrogens with zero attached hydrogens (tertiary/aromatic N) is 1. The van der Waals surface area contributed by atoms with Gasteiger partial charge in [-0.2, -0.15) is 0 Å². The molecule has 1 aromatic carbocycles. The molecule has 5 heteroatoms. The predicted octanol–water partition coefficient (Wildman–Crippen LogP) is 4.28. The molecule has 0 unspecified atom stereocenters. The molecule has 2 aromatic rings. The van der Waals surface area contributed by atoms with Crippen molar-refractivity contribution in [3.63, 3.8) is 0 Å². The number of aryl methyl sites for hydroxylation is 1. The fourth-order valence-electron chi connectivity index (χ4n) is 4.52. The number of fused-ring (bicyclic) bond motifs is 2. The normalized spacial score (nSPS) is 17.2. The van der Waals surface area contributed by atoms with Crippen molar-refractivity contribution < 1.29 is 9.53 Å². The predicted molar refractivity (Wildman–Crippen MR) is 118 cm³/mol. The van der Waals surface area contributed by atoms with E-state index in [1.165, 1.54) is 36.1 Å². The molecule has 0 bridgehead atoms. The third kappa shape index (κ3) is 4.10. The molecule has 29 heavy (non-hydrogen) atoms. The van der Waals surface area contributed by atoms with Crippen molar-refractivity contribution >= 4 is 23.2 Å². The largest absolute Gasteiger partial charge is 0.497 e. The Bertz CT molecular complexity index is 940. The molecule has 154 valence electrons. The zero-order valence-corrected chi connectivity index (χ0v) is 17.7. The van der Waals surface area contributed by atoms with Gasteiger partial charge in [0.05, 0.1) is 12.7 Å². The third-order valence-corrected chi connectivity index (χ3v) is 6.02. The minimum atomic E-state index is -0.0442. The third-order valence-electron chi connectivity index (χ3n) is 6.02. The van der Waals surface area contributed by atoms with Crippen LogP contribution in [0.25, 0.3) is 11.6 Å². The first-order valence-corrected chi connectivity index (χ1v) is 10.7. The van der Waals surface area contributed by atoms with Gasteiger partial charge in [0.1, 0.15) is 5.75 Å². The van der Waals surface area contributed by atoms with Gasteiger partial charge in [0.15, 0.2) is 0 Å². The molecule has 1 aliphatic heterocycles. The maximum Gasteiger partial charge on any atom is 0.256 e. The first-order valence-electron chi connectivity index (χ1n) is 10.7. The highest BCUT2D eigenvalue weighted by Crippen LogP contribution is 2.37. The summed E-state index contributed by atoms with van der Waals surface area (Å²) in [5.41, 5.74) is 7.86. The van der Waals surface area contributed by atoms with Gasteiger partial charge in [-0.3, -0.25) is 4.79 Å². The average molecular weight is 394 g/mol. The molecule has 0 atom stereocenters. The summed E-state index contributed by atoms with van der Waals surface area (Å²) in [7, 11) is 5.89. The summed E-state index contributed by atoms with van der Waals surface area (Å²) in [6.07, 6.45) is 10.2. The number of nitrogens with one attached hydrogen (secondary N) is 2. The second-order valence-corrected chi connectivity index (χ2v) is 8.37. The number of aromatic amines is 1. The lowest BCUT2D eigenvalue weighted by atomic mass is 9.98. The highest BCUT2D eigenvalue weighted by Gasteiger charge is 2.26. The molecule has 4 rings (SSSR count). The molecule has 1 aromatic heterocycles. The van der Waals surface area contributed by atoms with Gasteiger partial charge in [0.25, 0.3) is 5.91 Å². The van der Waals surface area contributed by atoms with Gasteiger partial charge in [-0.25, -0.2) is 0 Å². The number of aromatic nitrogens is 1.